The topological polar surface area (TPSA) is 71.2 Å². The van der Waals surface area contributed by atoms with Gasteiger partial charge in [0, 0.05) is 31.5 Å². The molecule has 3 N–H and O–H groups in total. The molecule has 0 spiro atoms. The van der Waals surface area contributed by atoms with E-state index < -0.39 is 0 Å². The molecule has 0 bridgehead atoms. The van der Waals surface area contributed by atoms with Crippen molar-refractivity contribution in [2.75, 3.05) is 25.0 Å². The molecule has 5 heteroatoms. The van der Waals surface area contributed by atoms with Crippen molar-refractivity contribution < 1.29 is 4.79 Å². The number of nitrogens with zero attached hydrogens (tertiary/aromatic N) is 2. The average Bonchev–Trinajstić information content (AvgIpc) is 3.01. The number of hydrogen-bond acceptors (Lipinski definition) is 4. The van der Waals surface area contributed by atoms with Gasteiger partial charge in [0.05, 0.1) is 0 Å². The number of pyridine rings is 1. The molecule has 0 unspecified atom stereocenters. The summed E-state index contributed by atoms with van der Waals surface area (Å²) in [5, 5.41) is 2.62. The number of aromatic nitrogens is 1. The van der Waals surface area contributed by atoms with Crippen LogP contribution in [0.3, 0.4) is 0 Å². The van der Waals surface area contributed by atoms with Crippen LogP contribution in [0.5, 0.6) is 0 Å². The zero-order valence-corrected chi connectivity index (χ0v) is 12.1. The molecule has 0 saturated heterocycles. The lowest BCUT2D eigenvalue weighted by Gasteiger charge is -2.31. The summed E-state index contributed by atoms with van der Waals surface area (Å²) in [5.74, 6) is -0.142. The summed E-state index contributed by atoms with van der Waals surface area (Å²) in [7, 11) is 1.62. The van der Waals surface area contributed by atoms with Gasteiger partial charge in [-0.05, 0) is 37.9 Å². The third-order valence-electron chi connectivity index (χ3n) is 3.90. The van der Waals surface area contributed by atoms with Crippen molar-refractivity contribution in [3.63, 3.8) is 0 Å². The number of amides is 1. The fourth-order valence-electron chi connectivity index (χ4n) is 2.85. The largest absolute Gasteiger partial charge is 0.368 e. The second-order valence-electron chi connectivity index (χ2n) is 5.25. The Morgan fingerprint density at radius 3 is 2.90 bits per heavy atom. The fourth-order valence-corrected chi connectivity index (χ4v) is 2.85. The van der Waals surface area contributed by atoms with Crippen LogP contribution in [0.4, 0.5) is 5.69 Å². The van der Waals surface area contributed by atoms with Crippen LogP contribution in [-0.2, 0) is 0 Å². The first kappa shape index (κ1) is 14.8. The number of anilines is 1. The molecule has 2 rings (SSSR count). The van der Waals surface area contributed by atoms with Gasteiger partial charge in [0.15, 0.2) is 0 Å². The quantitative estimate of drug-likeness (QED) is 0.827. The minimum Gasteiger partial charge on any atom is -0.368 e. The zero-order valence-electron chi connectivity index (χ0n) is 12.1. The van der Waals surface area contributed by atoms with Crippen LogP contribution < -0.4 is 16.0 Å². The molecular formula is C15H24N4O. The molecule has 1 heterocycles. The van der Waals surface area contributed by atoms with E-state index in [2.05, 4.69) is 15.2 Å². The van der Waals surface area contributed by atoms with E-state index in [1.807, 2.05) is 12.1 Å². The average molecular weight is 276 g/mol. The van der Waals surface area contributed by atoms with Crippen LogP contribution in [0.1, 0.15) is 42.6 Å². The summed E-state index contributed by atoms with van der Waals surface area (Å²) in [6.07, 6.45) is 7.71. The Morgan fingerprint density at radius 2 is 2.25 bits per heavy atom. The number of carbonyl (C=O) groups is 1. The predicted octanol–water partition coefficient (Wildman–Crippen LogP) is 1.54. The molecule has 1 aliphatic rings. The van der Waals surface area contributed by atoms with E-state index in [1.54, 1.807) is 13.2 Å². The molecule has 1 amide bonds. The van der Waals surface area contributed by atoms with Crippen molar-refractivity contribution in [3.05, 3.63) is 24.0 Å². The molecule has 1 fully saturated rings. The van der Waals surface area contributed by atoms with Crippen LogP contribution in [0.15, 0.2) is 18.3 Å². The van der Waals surface area contributed by atoms with Gasteiger partial charge in [-0.1, -0.05) is 12.8 Å². The summed E-state index contributed by atoms with van der Waals surface area (Å²) in [6.45, 7) is 1.63. The Balaban J connectivity index is 2.20. The van der Waals surface area contributed by atoms with E-state index >= 15 is 0 Å². The maximum atomic E-state index is 11.7. The van der Waals surface area contributed by atoms with Gasteiger partial charge in [-0.3, -0.25) is 9.78 Å². The smallest absolute Gasteiger partial charge is 0.269 e. The van der Waals surface area contributed by atoms with E-state index in [4.69, 9.17) is 5.73 Å². The van der Waals surface area contributed by atoms with Crippen molar-refractivity contribution in [1.82, 2.24) is 10.3 Å². The molecule has 1 aliphatic carbocycles. The van der Waals surface area contributed by atoms with Crippen LogP contribution in [0.25, 0.3) is 0 Å². The maximum Gasteiger partial charge on any atom is 0.269 e. The maximum absolute atomic E-state index is 11.7. The summed E-state index contributed by atoms with van der Waals surface area (Å²) in [4.78, 5) is 18.2. The van der Waals surface area contributed by atoms with Crippen molar-refractivity contribution in [2.45, 2.75) is 38.1 Å². The Hall–Kier alpha value is -1.62. The second-order valence-corrected chi connectivity index (χ2v) is 5.25. The Bertz CT molecular complexity index is 443. The van der Waals surface area contributed by atoms with E-state index in [1.165, 1.54) is 25.7 Å². The summed E-state index contributed by atoms with van der Waals surface area (Å²) >= 11 is 0. The molecule has 0 radical (unpaired) electrons. The first-order valence-corrected chi connectivity index (χ1v) is 7.41. The van der Waals surface area contributed by atoms with Gasteiger partial charge in [0.2, 0.25) is 0 Å². The molecule has 5 nitrogen and oxygen atoms in total. The van der Waals surface area contributed by atoms with Crippen LogP contribution in [0.2, 0.25) is 0 Å². The van der Waals surface area contributed by atoms with Gasteiger partial charge < -0.3 is 16.0 Å². The number of rotatable bonds is 6. The van der Waals surface area contributed by atoms with Gasteiger partial charge in [-0.2, -0.15) is 0 Å². The van der Waals surface area contributed by atoms with Gasteiger partial charge in [0.1, 0.15) is 5.69 Å². The lowest BCUT2D eigenvalue weighted by molar-refractivity contribution is 0.0958. The highest BCUT2D eigenvalue weighted by Gasteiger charge is 2.23. The van der Waals surface area contributed by atoms with Crippen molar-refractivity contribution in [1.29, 1.82) is 0 Å². The lowest BCUT2D eigenvalue weighted by atomic mass is 10.1. The summed E-state index contributed by atoms with van der Waals surface area (Å²) < 4.78 is 0. The van der Waals surface area contributed by atoms with E-state index in [9.17, 15) is 4.79 Å². The lowest BCUT2D eigenvalue weighted by Crippen LogP contribution is -2.35. The molecule has 0 atom stereocenters. The molecule has 20 heavy (non-hydrogen) atoms. The monoisotopic (exact) mass is 276 g/mol. The van der Waals surface area contributed by atoms with Crippen molar-refractivity contribution >= 4 is 11.6 Å². The third-order valence-corrected chi connectivity index (χ3v) is 3.90. The van der Waals surface area contributed by atoms with Crippen molar-refractivity contribution in [3.8, 4) is 0 Å². The minimum atomic E-state index is -0.142. The molecule has 1 saturated carbocycles. The Morgan fingerprint density at radius 1 is 1.50 bits per heavy atom. The van der Waals surface area contributed by atoms with Gasteiger partial charge in [0.25, 0.3) is 5.91 Å². The number of carbonyl (C=O) groups excluding carboxylic acids is 1. The minimum absolute atomic E-state index is 0.142. The highest BCUT2D eigenvalue weighted by Crippen LogP contribution is 2.28. The summed E-state index contributed by atoms with van der Waals surface area (Å²) in [5.41, 5.74) is 7.21. The first-order valence-electron chi connectivity index (χ1n) is 7.41. The molecular weight excluding hydrogens is 252 g/mol. The SMILES string of the molecule is CNC(=O)c1cc(N(CCCN)C2CCCC2)ccn1. The normalized spacial score (nSPS) is 15.3. The summed E-state index contributed by atoms with van der Waals surface area (Å²) in [6, 6.07) is 4.44. The highest BCUT2D eigenvalue weighted by atomic mass is 16.1. The number of hydrogen-bond donors (Lipinski definition) is 2. The van der Waals surface area contributed by atoms with E-state index in [0.29, 0.717) is 18.3 Å². The third kappa shape index (κ3) is 3.48. The van der Waals surface area contributed by atoms with Crippen LogP contribution in [0, 0.1) is 0 Å². The van der Waals surface area contributed by atoms with E-state index in [0.717, 1.165) is 18.7 Å². The Labute approximate surface area is 120 Å². The molecule has 0 aliphatic heterocycles. The molecule has 0 aromatic carbocycles. The number of nitrogens with one attached hydrogen (secondary N) is 1. The molecule has 110 valence electrons. The van der Waals surface area contributed by atoms with E-state index in [-0.39, 0.29) is 5.91 Å². The van der Waals surface area contributed by atoms with Crippen molar-refractivity contribution in [2.24, 2.45) is 5.73 Å². The fraction of sp³-hybridized carbons (Fsp3) is 0.600. The zero-order chi connectivity index (χ0) is 14.4. The second kappa shape index (κ2) is 7.24. The molecule has 1 aromatic heterocycles. The first-order chi connectivity index (χ1) is 9.76. The van der Waals surface area contributed by atoms with Gasteiger partial charge >= 0.3 is 0 Å². The van der Waals surface area contributed by atoms with Crippen LogP contribution >= 0.6 is 0 Å². The highest BCUT2D eigenvalue weighted by molar-refractivity contribution is 5.92. The Kier molecular flexibility index (Phi) is 5.35. The van der Waals surface area contributed by atoms with Gasteiger partial charge in [-0.25, -0.2) is 0 Å². The molecule has 1 aromatic rings. The van der Waals surface area contributed by atoms with Crippen LogP contribution in [-0.4, -0.2) is 37.1 Å². The van der Waals surface area contributed by atoms with Gasteiger partial charge in [-0.15, -0.1) is 0 Å². The predicted molar refractivity (Wildman–Crippen MR) is 80.9 cm³/mol. The number of nitrogens with two attached hydrogens (primary N) is 1. The standard InChI is InChI=1S/C15H24N4O/c1-17-15(20)14-11-13(7-9-18-14)19(10-4-8-16)12-5-2-3-6-12/h7,9,11-12H,2-6,8,10,16H2,1H3,(H,17,20).